The molecule has 3 aromatic heterocycles. The summed E-state index contributed by atoms with van der Waals surface area (Å²) in [5.74, 6) is 1.82. The summed E-state index contributed by atoms with van der Waals surface area (Å²) >= 11 is 1.66. The fraction of sp³-hybridized carbons (Fsp3) is 0.250. The smallest absolute Gasteiger partial charge is 0.159 e. The van der Waals surface area contributed by atoms with Crippen molar-refractivity contribution in [1.82, 2.24) is 19.5 Å². The first kappa shape index (κ1) is 11.3. The van der Waals surface area contributed by atoms with Crippen LogP contribution in [0.4, 0.5) is 0 Å². The predicted molar refractivity (Wildman–Crippen MR) is 72.0 cm³/mol. The van der Waals surface area contributed by atoms with E-state index in [0.717, 1.165) is 28.3 Å². The predicted octanol–water partition coefficient (Wildman–Crippen LogP) is 1.69. The lowest BCUT2D eigenvalue weighted by Crippen LogP contribution is -2.09. The molecule has 0 spiro atoms. The van der Waals surface area contributed by atoms with E-state index in [1.54, 1.807) is 23.9 Å². The van der Waals surface area contributed by atoms with E-state index < -0.39 is 0 Å². The van der Waals surface area contributed by atoms with E-state index >= 15 is 0 Å². The van der Waals surface area contributed by atoms with Gasteiger partial charge in [-0.25, -0.2) is 15.0 Å². The number of hydrogen-bond donors (Lipinski definition) is 1. The standard InChI is InChI=1S/C12H13N5S/c1-8-6-18-11-10(8)15-7-16-12(11)17-5-4-14-9(17)2-3-13/h4-7H,2-3,13H2,1H3. The van der Waals surface area contributed by atoms with E-state index in [4.69, 9.17) is 5.73 Å². The summed E-state index contributed by atoms with van der Waals surface area (Å²) in [6.07, 6.45) is 6.04. The second-order valence-corrected chi connectivity index (χ2v) is 4.93. The van der Waals surface area contributed by atoms with Gasteiger partial charge < -0.3 is 5.73 Å². The Kier molecular flexibility index (Phi) is 2.81. The van der Waals surface area contributed by atoms with Crippen molar-refractivity contribution in [2.24, 2.45) is 5.73 Å². The maximum Gasteiger partial charge on any atom is 0.159 e. The minimum absolute atomic E-state index is 0.578. The minimum Gasteiger partial charge on any atom is -0.330 e. The van der Waals surface area contributed by atoms with Crippen LogP contribution >= 0.6 is 11.3 Å². The third-order valence-corrected chi connectivity index (χ3v) is 3.91. The van der Waals surface area contributed by atoms with Crippen molar-refractivity contribution in [3.63, 3.8) is 0 Å². The van der Waals surface area contributed by atoms with Crippen LogP contribution in [0.25, 0.3) is 16.0 Å². The molecule has 3 aromatic rings. The molecule has 0 saturated carbocycles. The molecule has 3 heterocycles. The van der Waals surface area contributed by atoms with Gasteiger partial charge in [-0.15, -0.1) is 11.3 Å². The molecule has 0 aromatic carbocycles. The average Bonchev–Trinajstić information content (AvgIpc) is 2.98. The SMILES string of the molecule is Cc1csc2c(-n3ccnc3CCN)ncnc12. The highest BCUT2D eigenvalue weighted by Gasteiger charge is 2.12. The zero-order valence-electron chi connectivity index (χ0n) is 10.00. The van der Waals surface area contributed by atoms with Crippen molar-refractivity contribution in [2.45, 2.75) is 13.3 Å². The molecule has 0 amide bonds. The Labute approximate surface area is 108 Å². The van der Waals surface area contributed by atoms with Gasteiger partial charge in [-0.1, -0.05) is 0 Å². The Bertz CT molecular complexity index is 685. The Balaban J connectivity index is 2.22. The second kappa shape index (κ2) is 4.47. The van der Waals surface area contributed by atoms with Crippen LogP contribution in [-0.4, -0.2) is 26.1 Å². The van der Waals surface area contributed by atoms with Crippen LogP contribution in [0, 0.1) is 6.92 Å². The van der Waals surface area contributed by atoms with Crippen molar-refractivity contribution in [3.05, 3.63) is 35.5 Å². The van der Waals surface area contributed by atoms with E-state index in [1.807, 2.05) is 10.8 Å². The van der Waals surface area contributed by atoms with Crippen LogP contribution in [0.2, 0.25) is 0 Å². The monoisotopic (exact) mass is 259 g/mol. The average molecular weight is 259 g/mol. The fourth-order valence-electron chi connectivity index (χ4n) is 1.97. The fourth-order valence-corrected chi connectivity index (χ4v) is 2.96. The molecule has 0 aliphatic carbocycles. The third kappa shape index (κ3) is 1.70. The molecule has 3 rings (SSSR count). The molecule has 0 bridgehead atoms. The van der Waals surface area contributed by atoms with Crippen molar-refractivity contribution in [3.8, 4) is 5.82 Å². The molecule has 18 heavy (non-hydrogen) atoms. The number of aromatic nitrogens is 4. The molecule has 2 N–H and O–H groups in total. The highest BCUT2D eigenvalue weighted by molar-refractivity contribution is 7.17. The van der Waals surface area contributed by atoms with Gasteiger partial charge in [0.25, 0.3) is 0 Å². The topological polar surface area (TPSA) is 69.6 Å². The maximum atomic E-state index is 5.60. The number of rotatable bonds is 3. The maximum absolute atomic E-state index is 5.60. The van der Waals surface area contributed by atoms with Crippen LogP contribution in [0.15, 0.2) is 24.1 Å². The molecule has 0 fully saturated rings. The normalized spacial score (nSPS) is 11.2. The molecular weight excluding hydrogens is 246 g/mol. The summed E-state index contributed by atoms with van der Waals surface area (Å²) in [6.45, 7) is 2.64. The van der Waals surface area contributed by atoms with E-state index in [-0.39, 0.29) is 0 Å². The molecule has 0 aliphatic heterocycles. The van der Waals surface area contributed by atoms with Gasteiger partial charge >= 0.3 is 0 Å². The van der Waals surface area contributed by atoms with Crippen molar-refractivity contribution in [2.75, 3.05) is 6.54 Å². The Hall–Kier alpha value is -1.79. The summed E-state index contributed by atoms with van der Waals surface area (Å²) in [5.41, 5.74) is 7.79. The first-order valence-electron chi connectivity index (χ1n) is 5.72. The highest BCUT2D eigenvalue weighted by atomic mass is 32.1. The summed E-state index contributed by atoms with van der Waals surface area (Å²) < 4.78 is 3.08. The molecule has 0 aliphatic rings. The van der Waals surface area contributed by atoms with Gasteiger partial charge in [0.2, 0.25) is 0 Å². The first-order valence-corrected chi connectivity index (χ1v) is 6.60. The van der Waals surface area contributed by atoms with E-state index in [1.165, 1.54) is 5.56 Å². The van der Waals surface area contributed by atoms with Gasteiger partial charge in [-0.3, -0.25) is 4.57 Å². The number of imidazole rings is 1. The summed E-state index contributed by atoms with van der Waals surface area (Å²) in [4.78, 5) is 13.0. The van der Waals surface area contributed by atoms with Gasteiger partial charge in [-0.2, -0.15) is 0 Å². The van der Waals surface area contributed by atoms with E-state index in [0.29, 0.717) is 6.54 Å². The van der Waals surface area contributed by atoms with Crippen molar-refractivity contribution in [1.29, 1.82) is 0 Å². The lowest BCUT2D eigenvalue weighted by atomic mass is 10.3. The third-order valence-electron chi connectivity index (χ3n) is 2.83. The lowest BCUT2D eigenvalue weighted by molar-refractivity contribution is 0.826. The molecule has 0 saturated heterocycles. The minimum atomic E-state index is 0.578. The molecule has 92 valence electrons. The number of thiophene rings is 1. The van der Waals surface area contributed by atoms with Crippen LogP contribution in [0.1, 0.15) is 11.4 Å². The quantitative estimate of drug-likeness (QED) is 0.777. The van der Waals surface area contributed by atoms with Gasteiger partial charge in [-0.05, 0) is 24.4 Å². The van der Waals surface area contributed by atoms with Crippen LogP contribution in [0.5, 0.6) is 0 Å². The molecule has 0 atom stereocenters. The Morgan fingerprint density at radius 3 is 3.06 bits per heavy atom. The number of fused-ring (bicyclic) bond motifs is 1. The van der Waals surface area contributed by atoms with E-state index in [2.05, 4.69) is 27.3 Å². The summed E-state index contributed by atoms with van der Waals surface area (Å²) in [5, 5.41) is 2.10. The van der Waals surface area contributed by atoms with Crippen LogP contribution < -0.4 is 5.73 Å². The van der Waals surface area contributed by atoms with Crippen molar-refractivity contribution >= 4 is 21.6 Å². The van der Waals surface area contributed by atoms with E-state index in [9.17, 15) is 0 Å². The number of hydrogen-bond acceptors (Lipinski definition) is 5. The van der Waals surface area contributed by atoms with Crippen LogP contribution in [-0.2, 0) is 6.42 Å². The number of nitrogens with zero attached hydrogens (tertiary/aromatic N) is 4. The van der Waals surface area contributed by atoms with Crippen molar-refractivity contribution < 1.29 is 0 Å². The zero-order chi connectivity index (χ0) is 12.5. The molecule has 0 radical (unpaired) electrons. The second-order valence-electron chi connectivity index (χ2n) is 4.05. The Morgan fingerprint density at radius 2 is 2.22 bits per heavy atom. The van der Waals surface area contributed by atoms with Gasteiger partial charge in [0, 0.05) is 18.8 Å². The highest BCUT2D eigenvalue weighted by Crippen LogP contribution is 2.28. The molecular formula is C12H13N5S. The molecule has 5 nitrogen and oxygen atoms in total. The number of aryl methyl sites for hydroxylation is 1. The summed E-state index contributed by atoms with van der Waals surface area (Å²) in [6, 6.07) is 0. The largest absolute Gasteiger partial charge is 0.330 e. The van der Waals surface area contributed by atoms with Gasteiger partial charge in [0.15, 0.2) is 5.82 Å². The first-order chi connectivity index (χ1) is 8.81. The zero-order valence-corrected chi connectivity index (χ0v) is 10.8. The van der Waals surface area contributed by atoms with Gasteiger partial charge in [0.05, 0.1) is 10.2 Å². The molecule has 0 unspecified atom stereocenters. The summed E-state index contributed by atoms with van der Waals surface area (Å²) in [7, 11) is 0. The van der Waals surface area contributed by atoms with Gasteiger partial charge in [0.1, 0.15) is 12.2 Å². The van der Waals surface area contributed by atoms with Crippen LogP contribution in [0.3, 0.4) is 0 Å². The lowest BCUT2D eigenvalue weighted by Gasteiger charge is -2.06. The molecule has 6 heteroatoms. The Morgan fingerprint density at radius 1 is 1.33 bits per heavy atom. The number of nitrogens with two attached hydrogens (primary N) is 1.